The summed E-state index contributed by atoms with van der Waals surface area (Å²) in [5.74, 6) is 0. The van der Waals surface area contributed by atoms with Gasteiger partial charge in [-0.05, 0) is 34.6 Å². The van der Waals surface area contributed by atoms with Crippen molar-refractivity contribution in [2.24, 2.45) is 0 Å². The molecular weight excluding hydrogens is 260 g/mol. The number of ether oxygens (including phenoxy) is 2. The monoisotopic (exact) mass is 288 g/mol. The number of methoxy groups -OCH3 is 1. The first-order valence-electron chi connectivity index (χ1n) is 7.03. The third kappa shape index (κ3) is 4.92. The van der Waals surface area contributed by atoms with Gasteiger partial charge in [-0.15, -0.1) is 0 Å². The number of carbonyl (C=O) groups excluding carboxylic acids is 1. The number of carbonyl (C=O) groups is 1. The molecule has 0 aromatic rings. The number of hydrogen-bond donors (Lipinski definition) is 2. The number of rotatable bonds is 5. The van der Waals surface area contributed by atoms with Crippen LogP contribution in [-0.4, -0.2) is 66.2 Å². The Morgan fingerprint density at radius 3 is 2.40 bits per heavy atom. The highest BCUT2D eigenvalue weighted by Crippen LogP contribution is 2.23. The SMILES string of the molecule is COC(C)C(C)NCC1(O)CN(C(=O)OC(C)(C)C)C1. The summed E-state index contributed by atoms with van der Waals surface area (Å²) < 4.78 is 10.5. The van der Waals surface area contributed by atoms with E-state index in [2.05, 4.69) is 5.32 Å². The Bertz CT molecular complexity index is 335. The predicted molar refractivity (Wildman–Crippen MR) is 76.7 cm³/mol. The van der Waals surface area contributed by atoms with Gasteiger partial charge in [-0.3, -0.25) is 0 Å². The molecule has 0 aliphatic carbocycles. The topological polar surface area (TPSA) is 71.0 Å². The summed E-state index contributed by atoms with van der Waals surface area (Å²) in [5, 5.41) is 13.5. The van der Waals surface area contributed by atoms with Crippen molar-refractivity contribution in [2.75, 3.05) is 26.7 Å². The molecular formula is C14H28N2O4. The van der Waals surface area contributed by atoms with E-state index in [1.165, 1.54) is 4.90 Å². The van der Waals surface area contributed by atoms with Gasteiger partial charge >= 0.3 is 6.09 Å². The van der Waals surface area contributed by atoms with Crippen LogP contribution in [0.4, 0.5) is 4.79 Å². The molecule has 1 heterocycles. The largest absolute Gasteiger partial charge is 0.444 e. The summed E-state index contributed by atoms with van der Waals surface area (Å²) in [5.41, 5.74) is -1.38. The van der Waals surface area contributed by atoms with Crippen molar-refractivity contribution in [3.63, 3.8) is 0 Å². The lowest BCUT2D eigenvalue weighted by molar-refractivity contribution is -0.0982. The summed E-state index contributed by atoms with van der Waals surface area (Å²) >= 11 is 0. The van der Waals surface area contributed by atoms with Gasteiger partial charge in [0, 0.05) is 19.7 Å². The highest BCUT2D eigenvalue weighted by molar-refractivity contribution is 5.69. The van der Waals surface area contributed by atoms with Crippen molar-refractivity contribution in [3.05, 3.63) is 0 Å². The van der Waals surface area contributed by atoms with Gasteiger partial charge in [0.25, 0.3) is 0 Å². The summed E-state index contributed by atoms with van der Waals surface area (Å²) in [7, 11) is 1.66. The van der Waals surface area contributed by atoms with Crippen molar-refractivity contribution in [3.8, 4) is 0 Å². The number of amides is 1. The Hall–Kier alpha value is -0.850. The Morgan fingerprint density at radius 2 is 1.95 bits per heavy atom. The second-order valence-electron chi connectivity index (χ2n) is 6.67. The molecule has 2 atom stereocenters. The Labute approximate surface area is 121 Å². The molecule has 1 fully saturated rings. The molecule has 1 saturated heterocycles. The third-order valence-corrected chi connectivity index (χ3v) is 3.45. The summed E-state index contributed by atoms with van der Waals surface area (Å²) in [6.07, 6.45) is -0.305. The maximum absolute atomic E-state index is 11.8. The summed E-state index contributed by atoms with van der Waals surface area (Å²) in [6, 6.07) is 0.139. The van der Waals surface area contributed by atoms with Crippen LogP contribution in [0.2, 0.25) is 0 Å². The zero-order valence-electron chi connectivity index (χ0n) is 13.4. The quantitative estimate of drug-likeness (QED) is 0.789. The highest BCUT2D eigenvalue weighted by atomic mass is 16.6. The maximum Gasteiger partial charge on any atom is 0.410 e. The number of nitrogens with zero attached hydrogens (tertiary/aromatic N) is 1. The molecule has 1 aliphatic rings. The average Bonchev–Trinajstić information content (AvgIpc) is 2.29. The fraction of sp³-hybridized carbons (Fsp3) is 0.929. The van der Waals surface area contributed by atoms with Crippen molar-refractivity contribution in [1.82, 2.24) is 10.2 Å². The maximum atomic E-state index is 11.8. The molecule has 0 radical (unpaired) electrons. The fourth-order valence-corrected chi connectivity index (χ4v) is 1.95. The number of β-amino-alcohol motifs (C(OH)–C–C–N with tert-alkyl or cyclic N) is 1. The molecule has 0 bridgehead atoms. The molecule has 2 unspecified atom stereocenters. The van der Waals surface area contributed by atoms with Gasteiger partial charge in [0.2, 0.25) is 0 Å². The number of hydrogen-bond acceptors (Lipinski definition) is 5. The molecule has 0 spiro atoms. The lowest BCUT2D eigenvalue weighted by Gasteiger charge is -2.46. The zero-order chi connectivity index (χ0) is 15.6. The lowest BCUT2D eigenvalue weighted by Crippen LogP contribution is -2.68. The standard InChI is InChI=1S/C14H28N2O4/c1-10(11(2)19-6)15-7-14(18)8-16(9-14)12(17)20-13(3,4)5/h10-11,15,18H,7-9H2,1-6H3. The minimum absolute atomic E-state index is 0.0700. The van der Waals surface area contributed by atoms with Crippen LogP contribution in [0.1, 0.15) is 34.6 Å². The van der Waals surface area contributed by atoms with Crippen LogP contribution in [0.15, 0.2) is 0 Å². The first kappa shape index (κ1) is 17.2. The molecule has 118 valence electrons. The highest BCUT2D eigenvalue weighted by Gasteiger charge is 2.45. The molecule has 0 aromatic heterocycles. The van der Waals surface area contributed by atoms with Crippen LogP contribution in [0.25, 0.3) is 0 Å². The fourth-order valence-electron chi connectivity index (χ4n) is 1.95. The second-order valence-corrected chi connectivity index (χ2v) is 6.67. The van der Waals surface area contributed by atoms with E-state index >= 15 is 0 Å². The molecule has 0 saturated carbocycles. The Kier molecular flexibility index (Phi) is 5.40. The van der Waals surface area contributed by atoms with E-state index in [4.69, 9.17) is 9.47 Å². The van der Waals surface area contributed by atoms with E-state index in [1.54, 1.807) is 7.11 Å². The molecule has 1 amide bonds. The van der Waals surface area contributed by atoms with Crippen molar-refractivity contribution in [1.29, 1.82) is 0 Å². The van der Waals surface area contributed by atoms with Gasteiger partial charge in [-0.2, -0.15) is 0 Å². The molecule has 0 aromatic carbocycles. The van der Waals surface area contributed by atoms with Crippen LogP contribution in [0.3, 0.4) is 0 Å². The van der Waals surface area contributed by atoms with Crippen LogP contribution >= 0.6 is 0 Å². The van der Waals surface area contributed by atoms with Crippen molar-refractivity contribution in [2.45, 2.75) is 58.0 Å². The van der Waals surface area contributed by atoms with Crippen LogP contribution in [0.5, 0.6) is 0 Å². The predicted octanol–water partition coefficient (Wildman–Crippen LogP) is 0.981. The Balaban J connectivity index is 2.33. The van der Waals surface area contributed by atoms with Gasteiger partial charge in [0.15, 0.2) is 0 Å². The number of nitrogens with one attached hydrogen (secondary N) is 1. The van der Waals surface area contributed by atoms with Gasteiger partial charge in [-0.25, -0.2) is 4.79 Å². The molecule has 1 aliphatic heterocycles. The van der Waals surface area contributed by atoms with Gasteiger partial charge < -0.3 is 24.8 Å². The Morgan fingerprint density at radius 1 is 1.40 bits per heavy atom. The van der Waals surface area contributed by atoms with E-state index in [9.17, 15) is 9.90 Å². The molecule has 20 heavy (non-hydrogen) atoms. The summed E-state index contributed by atoms with van der Waals surface area (Å²) in [6.45, 7) is 10.5. The van der Waals surface area contributed by atoms with E-state index in [0.29, 0.717) is 19.6 Å². The molecule has 2 N–H and O–H groups in total. The van der Waals surface area contributed by atoms with E-state index < -0.39 is 11.2 Å². The zero-order valence-corrected chi connectivity index (χ0v) is 13.4. The molecule has 6 nitrogen and oxygen atoms in total. The lowest BCUT2D eigenvalue weighted by atomic mass is 9.94. The second kappa shape index (κ2) is 6.28. The van der Waals surface area contributed by atoms with Crippen LogP contribution < -0.4 is 5.32 Å². The molecule has 1 rings (SSSR count). The normalized spacial score (nSPS) is 21.1. The minimum atomic E-state index is -0.876. The van der Waals surface area contributed by atoms with Gasteiger partial charge in [0.1, 0.15) is 11.2 Å². The van der Waals surface area contributed by atoms with E-state index in [1.807, 2.05) is 34.6 Å². The molecule has 6 heteroatoms. The third-order valence-electron chi connectivity index (χ3n) is 3.45. The van der Waals surface area contributed by atoms with Gasteiger partial charge in [-0.1, -0.05) is 0 Å². The van der Waals surface area contributed by atoms with Gasteiger partial charge in [0.05, 0.1) is 19.2 Å². The first-order chi connectivity index (χ1) is 9.06. The minimum Gasteiger partial charge on any atom is -0.444 e. The van der Waals surface area contributed by atoms with Crippen LogP contribution in [0, 0.1) is 0 Å². The first-order valence-corrected chi connectivity index (χ1v) is 7.03. The average molecular weight is 288 g/mol. The van der Waals surface area contributed by atoms with Crippen molar-refractivity contribution >= 4 is 6.09 Å². The smallest absolute Gasteiger partial charge is 0.410 e. The number of likely N-dealkylation sites (tertiary alicyclic amines) is 1. The van der Waals surface area contributed by atoms with E-state index in [-0.39, 0.29) is 18.2 Å². The van der Waals surface area contributed by atoms with Crippen molar-refractivity contribution < 1.29 is 19.4 Å². The summed E-state index contributed by atoms with van der Waals surface area (Å²) in [4.78, 5) is 13.3. The van der Waals surface area contributed by atoms with E-state index in [0.717, 1.165) is 0 Å². The van der Waals surface area contributed by atoms with Crippen LogP contribution in [-0.2, 0) is 9.47 Å². The number of aliphatic hydroxyl groups is 1.